The molecule has 0 aliphatic heterocycles. The summed E-state index contributed by atoms with van der Waals surface area (Å²) in [6, 6.07) is 15.8. The maximum Gasteiger partial charge on any atom is 0.248 e. The molecule has 1 fully saturated rings. The summed E-state index contributed by atoms with van der Waals surface area (Å²) in [5.74, 6) is -0.213. The van der Waals surface area contributed by atoms with E-state index in [-0.39, 0.29) is 24.3 Å². The number of amides is 2. The largest absolute Gasteiger partial charge is 0.497 e. The number of ether oxygens (including phenoxy) is 1. The van der Waals surface area contributed by atoms with Crippen LogP contribution in [0.4, 0.5) is 10.1 Å². The maximum absolute atomic E-state index is 13.7. The van der Waals surface area contributed by atoms with Gasteiger partial charge in [-0.25, -0.2) is 4.39 Å². The van der Waals surface area contributed by atoms with Crippen LogP contribution >= 0.6 is 11.3 Å². The summed E-state index contributed by atoms with van der Waals surface area (Å²) in [5.41, 5.74) is 1.13. The van der Waals surface area contributed by atoms with Crippen molar-refractivity contribution in [1.82, 2.24) is 5.32 Å². The van der Waals surface area contributed by atoms with Gasteiger partial charge in [-0.05, 0) is 66.2 Å². The summed E-state index contributed by atoms with van der Waals surface area (Å²) in [4.78, 5) is 29.7. The standard InChI is InChI=1S/C26H27FN2O3S/c1-32-22-14-12-21(13-15-22)29(24(30)17-23-7-4-16-33-23)25(18-8-10-19(27)11-9-18)26(31)28-20-5-2-3-6-20/h4,7-16,20,25H,2-3,5-6,17H2,1H3,(H,28,31)/t25-/m1/s1. The summed E-state index contributed by atoms with van der Waals surface area (Å²) in [6.45, 7) is 0. The van der Waals surface area contributed by atoms with Gasteiger partial charge in [-0.15, -0.1) is 11.3 Å². The topological polar surface area (TPSA) is 58.6 Å². The second-order valence-electron chi connectivity index (χ2n) is 8.16. The molecule has 0 saturated heterocycles. The Labute approximate surface area is 197 Å². The molecule has 2 amide bonds. The van der Waals surface area contributed by atoms with Gasteiger partial charge in [-0.2, -0.15) is 0 Å². The zero-order valence-corrected chi connectivity index (χ0v) is 19.3. The van der Waals surface area contributed by atoms with E-state index in [9.17, 15) is 14.0 Å². The highest BCUT2D eigenvalue weighted by Crippen LogP contribution is 2.31. The van der Waals surface area contributed by atoms with Crippen LogP contribution in [0.25, 0.3) is 0 Å². The molecule has 1 aliphatic carbocycles. The molecule has 1 aliphatic rings. The molecule has 0 bridgehead atoms. The lowest BCUT2D eigenvalue weighted by Gasteiger charge is -2.32. The van der Waals surface area contributed by atoms with Crippen LogP contribution in [0.3, 0.4) is 0 Å². The normalized spacial score (nSPS) is 14.6. The number of nitrogens with one attached hydrogen (secondary N) is 1. The molecule has 1 atom stereocenters. The Morgan fingerprint density at radius 3 is 2.39 bits per heavy atom. The fourth-order valence-electron chi connectivity index (χ4n) is 4.24. The SMILES string of the molecule is COc1ccc(N(C(=O)Cc2cccs2)[C@@H](C(=O)NC2CCCC2)c2ccc(F)cc2)cc1. The molecule has 0 unspecified atom stereocenters. The number of hydrogen-bond donors (Lipinski definition) is 1. The van der Waals surface area contributed by atoms with Crippen molar-refractivity contribution < 1.29 is 18.7 Å². The van der Waals surface area contributed by atoms with Gasteiger partial charge in [0.25, 0.3) is 0 Å². The lowest BCUT2D eigenvalue weighted by Crippen LogP contribution is -2.46. The van der Waals surface area contributed by atoms with Gasteiger partial charge < -0.3 is 10.1 Å². The summed E-state index contributed by atoms with van der Waals surface area (Å²) in [6.07, 6.45) is 4.16. The predicted molar refractivity (Wildman–Crippen MR) is 128 cm³/mol. The number of carbonyl (C=O) groups excluding carboxylic acids is 2. The van der Waals surface area contributed by atoms with Crippen LogP contribution in [0.2, 0.25) is 0 Å². The highest BCUT2D eigenvalue weighted by atomic mass is 32.1. The first kappa shape index (κ1) is 23.0. The van der Waals surface area contributed by atoms with Gasteiger partial charge in [-0.3, -0.25) is 14.5 Å². The zero-order chi connectivity index (χ0) is 23.2. The number of halogens is 1. The Balaban J connectivity index is 1.75. The van der Waals surface area contributed by atoms with Crippen molar-refractivity contribution in [2.75, 3.05) is 12.0 Å². The molecule has 1 aromatic heterocycles. The third kappa shape index (κ3) is 5.60. The van der Waals surface area contributed by atoms with Crippen molar-refractivity contribution in [3.8, 4) is 5.75 Å². The lowest BCUT2D eigenvalue weighted by molar-refractivity contribution is -0.127. The first-order valence-electron chi connectivity index (χ1n) is 11.1. The van der Waals surface area contributed by atoms with Crippen LogP contribution in [-0.4, -0.2) is 25.0 Å². The third-order valence-electron chi connectivity index (χ3n) is 5.92. The highest BCUT2D eigenvalue weighted by molar-refractivity contribution is 7.10. The van der Waals surface area contributed by atoms with Gasteiger partial charge in [0, 0.05) is 16.6 Å². The van der Waals surface area contributed by atoms with Crippen molar-refractivity contribution in [3.63, 3.8) is 0 Å². The average molecular weight is 467 g/mol. The van der Waals surface area contributed by atoms with Crippen LogP contribution in [0.15, 0.2) is 66.0 Å². The first-order valence-corrected chi connectivity index (χ1v) is 12.0. The molecule has 172 valence electrons. The molecular formula is C26H27FN2O3S. The minimum Gasteiger partial charge on any atom is -0.497 e. The second-order valence-corrected chi connectivity index (χ2v) is 9.19. The van der Waals surface area contributed by atoms with Gasteiger partial charge in [0.15, 0.2) is 0 Å². The zero-order valence-electron chi connectivity index (χ0n) is 18.5. The van der Waals surface area contributed by atoms with Crippen molar-refractivity contribution in [2.45, 2.75) is 44.2 Å². The molecular weight excluding hydrogens is 439 g/mol. The highest BCUT2D eigenvalue weighted by Gasteiger charge is 2.34. The van der Waals surface area contributed by atoms with Crippen molar-refractivity contribution in [2.24, 2.45) is 0 Å². The Hall–Kier alpha value is -3.19. The van der Waals surface area contributed by atoms with Crippen LogP contribution in [-0.2, 0) is 16.0 Å². The van der Waals surface area contributed by atoms with Crippen LogP contribution < -0.4 is 15.0 Å². The number of anilines is 1. The molecule has 2 aromatic carbocycles. The molecule has 5 nitrogen and oxygen atoms in total. The Bertz CT molecular complexity index is 1060. The molecule has 0 radical (unpaired) electrons. The monoisotopic (exact) mass is 466 g/mol. The van der Waals surface area contributed by atoms with Gasteiger partial charge in [0.1, 0.15) is 17.6 Å². The first-order chi connectivity index (χ1) is 16.0. The fourth-order valence-corrected chi connectivity index (χ4v) is 4.94. The number of benzene rings is 2. The van der Waals surface area contributed by atoms with E-state index in [0.29, 0.717) is 17.0 Å². The van der Waals surface area contributed by atoms with Crippen LogP contribution in [0, 0.1) is 5.82 Å². The van der Waals surface area contributed by atoms with E-state index in [1.54, 1.807) is 43.5 Å². The van der Waals surface area contributed by atoms with E-state index < -0.39 is 11.9 Å². The average Bonchev–Trinajstić information content (AvgIpc) is 3.53. The van der Waals surface area contributed by atoms with E-state index >= 15 is 0 Å². The van der Waals surface area contributed by atoms with Crippen LogP contribution in [0.5, 0.6) is 5.75 Å². The van der Waals surface area contributed by atoms with Gasteiger partial charge >= 0.3 is 0 Å². The van der Waals surface area contributed by atoms with E-state index in [0.717, 1.165) is 30.6 Å². The maximum atomic E-state index is 13.7. The number of hydrogen-bond acceptors (Lipinski definition) is 4. The second kappa shape index (κ2) is 10.6. The predicted octanol–water partition coefficient (Wildman–Crippen LogP) is 5.27. The van der Waals surface area contributed by atoms with Crippen molar-refractivity contribution >= 4 is 28.8 Å². The fraction of sp³-hybridized carbons (Fsp3) is 0.308. The van der Waals surface area contributed by atoms with Crippen LogP contribution in [0.1, 0.15) is 42.2 Å². The molecule has 0 spiro atoms. The van der Waals surface area contributed by atoms with Crippen molar-refractivity contribution in [3.05, 3.63) is 82.3 Å². The smallest absolute Gasteiger partial charge is 0.248 e. The summed E-state index contributed by atoms with van der Waals surface area (Å²) < 4.78 is 19.0. The van der Waals surface area contributed by atoms with Gasteiger partial charge in [-0.1, -0.05) is 31.0 Å². The molecule has 33 heavy (non-hydrogen) atoms. The van der Waals surface area contributed by atoms with Gasteiger partial charge in [0.2, 0.25) is 11.8 Å². The molecule has 1 N–H and O–H groups in total. The quantitative estimate of drug-likeness (QED) is 0.492. The van der Waals surface area contributed by atoms with Crippen molar-refractivity contribution in [1.29, 1.82) is 0 Å². The molecule has 4 rings (SSSR count). The van der Waals surface area contributed by atoms with E-state index in [2.05, 4.69) is 5.32 Å². The van der Waals surface area contributed by atoms with E-state index in [1.165, 1.54) is 28.4 Å². The lowest BCUT2D eigenvalue weighted by atomic mass is 10.0. The Morgan fingerprint density at radius 2 is 1.79 bits per heavy atom. The third-order valence-corrected chi connectivity index (χ3v) is 6.80. The number of carbonyl (C=O) groups is 2. The summed E-state index contributed by atoms with van der Waals surface area (Å²) in [7, 11) is 1.57. The summed E-state index contributed by atoms with van der Waals surface area (Å²) >= 11 is 1.50. The number of thiophene rings is 1. The summed E-state index contributed by atoms with van der Waals surface area (Å²) in [5, 5.41) is 5.05. The molecule has 1 heterocycles. The molecule has 1 saturated carbocycles. The molecule has 7 heteroatoms. The Kier molecular flexibility index (Phi) is 7.40. The van der Waals surface area contributed by atoms with E-state index in [1.807, 2.05) is 17.5 Å². The minimum absolute atomic E-state index is 0.0885. The number of rotatable bonds is 8. The Morgan fingerprint density at radius 1 is 1.09 bits per heavy atom. The molecule has 3 aromatic rings. The number of methoxy groups -OCH3 is 1. The number of nitrogens with zero attached hydrogens (tertiary/aromatic N) is 1. The van der Waals surface area contributed by atoms with E-state index in [4.69, 9.17) is 4.74 Å². The van der Waals surface area contributed by atoms with Gasteiger partial charge in [0.05, 0.1) is 13.5 Å². The minimum atomic E-state index is -0.924.